The van der Waals surface area contributed by atoms with Crippen molar-refractivity contribution < 1.29 is 24.8 Å². The Morgan fingerprint density at radius 1 is 0.966 bits per heavy atom. The number of benzene rings is 3. The number of hydrogen-bond acceptors (Lipinski definition) is 5. The highest BCUT2D eigenvalue weighted by atomic mass is 16.5. The van der Waals surface area contributed by atoms with Crippen molar-refractivity contribution in [2.45, 2.75) is 25.4 Å². The number of methoxy groups -OCH3 is 1. The summed E-state index contributed by atoms with van der Waals surface area (Å²) in [5, 5.41) is 31.9. The van der Waals surface area contributed by atoms with Gasteiger partial charge in [0.15, 0.2) is 11.5 Å². The van der Waals surface area contributed by atoms with Crippen LogP contribution < -0.4 is 9.47 Å². The summed E-state index contributed by atoms with van der Waals surface area (Å²) in [6, 6.07) is 15.8. The highest BCUT2D eigenvalue weighted by Gasteiger charge is 2.47. The lowest BCUT2D eigenvalue weighted by Crippen LogP contribution is -2.42. The lowest BCUT2D eigenvalue weighted by Gasteiger charge is -2.42. The van der Waals surface area contributed by atoms with Gasteiger partial charge in [-0.1, -0.05) is 30.3 Å². The second-order valence-electron chi connectivity index (χ2n) is 7.49. The van der Waals surface area contributed by atoms with E-state index in [4.69, 9.17) is 9.47 Å². The number of rotatable bonds is 3. The molecule has 0 saturated heterocycles. The van der Waals surface area contributed by atoms with Gasteiger partial charge in [0.1, 0.15) is 17.1 Å². The van der Waals surface area contributed by atoms with E-state index in [1.54, 1.807) is 13.2 Å². The Morgan fingerprint density at radius 3 is 2.34 bits per heavy atom. The second-order valence-corrected chi connectivity index (χ2v) is 7.49. The number of aromatic hydroxyl groups is 2. The van der Waals surface area contributed by atoms with Gasteiger partial charge < -0.3 is 24.8 Å². The molecule has 1 aliphatic heterocycles. The third-order valence-corrected chi connectivity index (χ3v) is 5.92. The molecule has 5 nitrogen and oxygen atoms in total. The number of phenolic OH excluding ortho intramolecular Hbond substituents is 2. The lowest BCUT2D eigenvalue weighted by atomic mass is 9.71. The Morgan fingerprint density at radius 2 is 1.69 bits per heavy atom. The number of aliphatic hydroxyl groups is 1. The second kappa shape index (κ2) is 7.01. The monoisotopic (exact) mass is 392 g/mol. The molecule has 3 N–H and O–H groups in total. The molecule has 5 heteroatoms. The normalized spacial score (nSPS) is 20.6. The minimum Gasteiger partial charge on any atom is -0.504 e. The summed E-state index contributed by atoms with van der Waals surface area (Å²) in [7, 11) is 1.60. The molecule has 3 aromatic rings. The Labute approximate surface area is 169 Å². The molecule has 0 saturated carbocycles. The van der Waals surface area contributed by atoms with Gasteiger partial charge in [0.25, 0.3) is 0 Å². The molecule has 0 aliphatic carbocycles. The Balaban J connectivity index is 1.95. The summed E-state index contributed by atoms with van der Waals surface area (Å²) in [6.07, 6.45) is 0. The van der Waals surface area contributed by atoms with Crippen molar-refractivity contribution >= 4 is 0 Å². The SMILES string of the molecule is COc1ccc(C2(O)c3ccc(C)c(C)c3OCC2c2ccc(O)c(O)c2)cc1. The van der Waals surface area contributed by atoms with Gasteiger partial charge in [-0.3, -0.25) is 0 Å². The third kappa shape index (κ3) is 2.98. The highest BCUT2D eigenvalue weighted by Crippen LogP contribution is 2.51. The van der Waals surface area contributed by atoms with Gasteiger partial charge in [-0.2, -0.15) is 0 Å². The summed E-state index contributed by atoms with van der Waals surface area (Å²) in [4.78, 5) is 0. The molecule has 0 fully saturated rings. The van der Waals surface area contributed by atoms with Crippen molar-refractivity contribution in [2.75, 3.05) is 13.7 Å². The van der Waals surface area contributed by atoms with Gasteiger partial charge in [-0.05, 0) is 60.4 Å². The smallest absolute Gasteiger partial charge is 0.157 e. The molecule has 0 bridgehead atoms. The van der Waals surface area contributed by atoms with Crippen LogP contribution in [0.1, 0.15) is 33.7 Å². The van der Waals surface area contributed by atoms with Crippen LogP contribution in [0.25, 0.3) is 0 Å². The first-order valence-electron chi connectivity index (χ1n) is 9.48. The molecule has 2 atom stereocenters. The minimum absolute atomic E-state index is 0.203. The predicted molar refractivity (Wildman–Crippen MR) is 110 cm³/mol. The molecule has 150 valence electrons. The van der Waals surface area contributed by atoms with E-state index < -0.39 is 11.5 Å². The fraction of sp³-hybridized carbons (Fsp3) is 0.250. The maximum absolute atomic E-state index is 12.2. The minimum atomic E-state index is -1.39. The van der Waals surface area contributed by atoms with Crippen LogP contribution in [0.5, 0.6) is 23.0 Å². The van der Waals surface area contributed by atoms with Crippen LogP contribution in [0.15, 0.2) is 54.6 Å². The van der Waals surface area contributed by atoms with E-state index in [9.17, 15) is 15.3 Å². The zero-order valence-electron chi connectivity index (χ0n) is 16.6. The van der Waals surface area contributed by atoms with Crippen molar-refractivity contribution in [2.24, 2.45) is 0 Å². The van der Waals surface area contributed by atoms with Gasteiger partial charge in [-0.15, -0.1) is 0 Å². The average Bonchev–Trinajstić information content (AvgIpc) is 2.73. The standard InChI is InChI=1S/C24H24O5/c1-14-4-10-19-23(15(14)2)29-13-20(16-5-11-21(25)22(26)12-16)24(19,27)17-6-8-18(28-3)9-7-17/h4-12,20,25-27H,13H2,1-3H3. The fourth-order valence-corrected chi connectivity index (χ4v) is 4.05. The Bertz CT molecular complexity index is 1060. The molecule has 0 spiro atoms. The Hall–Kier alpha value is -3.18. The summed E-state index contributed by atoms with van der Waals surface area (Å²) in [5.74, 6) is 0.457. The van der Waals surface area contributed by atoms with E-state index in [0.717, 1.165) is 11.1 Å². The van der Waals surface area contributed by atoms with E-state index in [0.29, 0.717) is 28.2 Å². The van der Waals surface area contributed by atoms with Gasteiger partial charge in [0.05, 0.1) is 19.6 Å². The van der Waals surface area contributed by atoms with E-state index in [2.05, 4.69) is 0 Å². The number of phenols is 2. The zero-order chi connectivity index (χ0) is 20.8. The third-order valence-electron chi connectivity index (χ3n) is 5.92. The molecule has 2 unspecified atom stereocenters. The van der Waals surface area contributed by atoms with Crippen LogP contribution in [0.3, 0.4) is 0 Å². The first-order valence-corrected chi connectivity index (χ1v) is 9.48. The number of fused-ring (bicyclic) bond motifs is 1. The van der Waals surface area contributed by atoms with Gasteiger partial charge in [0, 0.05) is 5.56 Å². The number of aryl methyl sites for hydroxylation is 1. The van der Waals surface area contributed by atoms with E-state index in [1.807, 2.05) is 50.2 Å². The molecular weight excluding hydrogens is 368 g/mol. The first kappa shape index (κ1) is 19.2. The maximum Gasteiger partial charge on any atom is 0.157 e. The van der Waals surface area contributed by atoms with Crippen LogP contribution in [-0.2, 0) is 5.60 Å². The first-order chi connectivity index (χ1) is 13.9. The van der Waals surface area contributed by atoms with Crippen molar-refractivity contribution in [1.29, 1.82) is 0 Å². The highest BCUT2D eigenvalue weighted by molar-refractivity contribution is 5.56. The van der Waals surface area contributed by atoms with Gasteiger partial charge in [-0.25, -0.2) is 0 Å². The zero-order valence-corrected chi connectivity index (χ0v) is 16.6. The average molecular weight is 392 g/mol. The van der Waals surface area contributed by atoms with Gasteiger partial charge in [0.2, 0.25) is 0 Å². The number of ether oxygens (including phenoxy) is 2. The van der Waals surface area contributed by atoms with Crippen LogP contribution in [0.4, 0.5) is 0 Å². The topological polar surface area (TPSA) is 79.2 Å². The van der Waals surface area contributed by atoms with Crippen LogP contribution >= 0.6 is 0 Å². The van der Waals surface area contributed by atoms with Gasteiger partial charge >= 0.3 is 0 Å². The molecule has 29 heavy (non-hydrogen) atoms. The fourth-order valence-electron chi connectivity index (χ4n) is 4.05. The van der Waals surface area contributed by atoms with Crippen molar-refractivity contribution in [3.63, 3.8) is 0 Å². The Kier molecular flexibility index (Phi) is 4.63. The molecular formula is C24H24O5. The predicted octanol–water partition coefficient (Wildman–Crippen LogP) is 4.14. The molecule has 0 radical (unpaired) electrons. The quantitative estimate of drug-likeness (QED) is 0.584. The summed E-state index contributed by atoms with van der Waals surface area (Å²) in [6.45, 7) is 4.22. The molecule has 1 aliphatic rings. The summed E-state index contributed by atoms with van der Waals surface area (Å²) >= 11 is 0. The molecule has 4 rings (SSSR count). The molecule has 0 amide bonds. The molecule has 3 aromatic carbocycles. The largest absolute Gasteiger partial charge is 0.504 e. The van der Waals surface area contributed by atoms with E-state index in [1.165, 1.54) is 12.1 Å². The van der Waals surface area contributed by atoms with E-state index in [-0.39, 0.29) is 18.1 Å². The van der Waals surface area contributed by atoms with Crippen LogP contribution in [0, 0.1) is 13.8 Å². The van der Waals surface area contributed by atoms with Crippen molar-refractivity contribution in [3.8, 4) is 23.0 Å². The molecule has 1 heterocycles. The summed E-state index contributed by atoms with van der Waals surface area (Å²) in [5.41, 5.74) is 2.73. The van der Waals surface area contributed by atoms with E-state index >= 15 is 0 Å². The molecule has 0 aromatic heterocycles. The van der Waals surface area contributed by atoms with Crippen LogP contribution in [0.2, 0.25) is 0 Å². The summed E-state index contributed by atoms with van der Waals surface area (Å²) < 4.78 is 11.4. The van der Waals surface area contributed by atoms with Crippen molar-refractivity contribution in [3.05, 3.63) is 82.4 Å². The van der Waals surface area contributed by atoms with Crippen molar-refractivity contribution in [1.82, 2.24) is 0 Å². The van der Waals surface area contributed by atoms with Crippen LogP contribution in [-0.4, -0.2) is 29.0 Å². The number of hydrogen-bond donors (Lipinski definition) is 3. The maximum atomic E-state index is 12.2. The lowest BCUT2D eigenvalue weighted by molar-refractivity contribution is 0.0102.